The number of fused-ring (bicyclic) bond motifs is 1. The smallest absolute Gasteiger partial charge is 0.303 e. The van der Waals surface area contributed by atoms with Gasteiger partial charge in [0.2, 0.25) is 5.95 Å². The molecule has 1 amide bonds. The minimum atomic E-state index is -1.01. The van der Waals surface area contributed by atoms with E-state index in [1.807, 2.05) is 11.9 Å². The molecule has 0 radical (unpaired) electrons. The number of carbonyl (C=O) groups excluding carboxylic acids is 2. The molecule has 0 spiro atoms. The maximum absolute atomic E-state index is 12.9. The van der Waals surface area contributed by atoms with Crippen molar-refractivity contribution in [1.29, 1.82) is 0 Å². The summed E-state index contributed by atoms with van der Waals surface area (Å²) in [5.41, 5.74) is 14.0. The normalized spacial score (nSPS) is 11.8. The van der Waals surface area contributed by atoms with Crippen molar-refractivity contribution in [2.24, 2.45) is 0 Å². The van der Waals surface area contributed by atoms with E-state index >= 15 is 0 Å². The van der Waals surface area contributed by atoms with Crippen molar-refractivity contribution in [1.82, 2.24) is 25.3 Å². The molecule has 40 heavy (non-hydrogen) atoms. The number of ketones is 1. The Morgan fingerprint density at radius 3 is 2.38 bits per heavy atom. The number of amides is 1. The SMILES string of the molecule is CCCCCCCCC(=O)[C@H](CCC(=O)O)NC(=O)c1ccc(N(C)Cc2cnc3nc(N)nc(N)c3n2)cc1. The Morgan fingerprint density at radius 1 is 0.975 bits per heavy atom. The zero-order valence-electron chi connectivity index (χ0n) is 23.1. The van der Waals surface area contributed by atoms with Crippen molar-refractivity contribution >= 4 is 46.3 Å². The molecule has 12 heteroatoms. The number of anilines is 3. The highest BCUT2D eigenvalue weighted by molar-refractivity contribution is 5.98. The standard InChI is InChI=1S/C28H38N8O4/c1-3-4-5-6-7-8-9-22(37)21(14-15-23(38)39)33-27(40)18-10-12-20(13-11-18)36(2)17-19-16-31-26-24(32-19)25(29)34-28(30)35-26/h10-13,16,21H,3-9,14-15,17H2,1-2H3,(H,33,40)(H,38,39)(H4,29,30,31,34,35)/t21-/m0/s1. The van der Waals surface area contributed by atoms with Crippen LogP contribution in [0, 0.1) is 0 Å². The number of unbranched alkanes of at least 4 members (excludes halogenated alkanes) is 5. The largest absolute Gasteiger partial charge is 0.481 e. The number of nitrogens with one attached hydrogen (secondary N) is 1. The molecular formula is C28H38N8O4. The van der Waals surface area contributed by atoms with E-state index in [-0.39, 0.29) is 30.4 Å². The molecule has 1 atom stereocenters. The topological polar surface area (TPSA) is 190 Å². The third-order valence-electron chi connectivity index (χ3n) is 6.59. The predicted molar refractivity (Wildman–Crippen MR) is 154 cm³/mol. The predicted octanol–water partition coefficient (Wildman–Crippen LogP) is 3.50. The Hall–Kier alpha value is -4.35. The second-order valence-electron chi connectivity index (χ2n) is 9.85. The third kappa shape index (κ3) is 8.85. The number of carboxylic acids is 1. The molecule has 0 fully saturated rings. The van der Waals surface area contributed by atoms with Crippen LogP contribution in [0.1, 0.15) is 80.8 Å². The van der Waals surface area contributed by atoms with Gasteiger partial charge in [0.05, 0.1) is 24.5 Å². The first-order chi connectivity index (χ1) is 19.2. The van der Waals surface area contributed by atoms with Crippen LogP contribution in [0.5, 0.6) is 0 Å². The first-order valence-corrected chi connectivity index (χ1v) is 13.6. The van der Waals surface area contributed by atoms with Gasteiger partial charge < -0.3 is 26.8 Å². The highest BCUT2D eigenvalue weighted by atomic mass is 16.4. The molecule has 0 saturated heterocycles. The fourth-order valence-electron chi connectivity index (χ4n) is 4.34. The van der Waals surface area contributed by atoms with Crippen molar-refractivity contribution in [2.75, 3.05) is 23.4 Å². The molecule has 12 nitrogen and oxygen atoms in total. The molecule has 0 aliphatic carbocycles. The van der Waals surface area contributed by atoms with Crippen LogP contribution in [0.4, 0.5) is 17.5 Å². The molecule has 0 saturated carbocycles. The Bertz CT molecular complexity index is 1320. The number of nitrogens with two attached hydrogens (primary N) is 2. The zero-order valence-corrected chi connectivity index (χ0v) is 23.1. The first kappa shape index (κ1) is 30.2. The summed E-state index contributed by atoms with van der Waals surface area (Å²) in [5, 5.41) is 11.9. The van der Waals surface area contributed by atoms with Gasteiger partial charge in [-0.3, -0.25) is 14.4 Å². The van der Waals surface area contributed by atoms with Gasteiger partial charge in [0.1, 0.15) is 0 Å². The molecule has 0 bridgehead atoms. The van der Waals surface area contributed by atoms with Crippen molar-refractivity contribution in [3.05, 3.63) is 41.7 Å². The number of nitrogen functional groups attached to an aromatic ring is 2. The second-order valence-corrected chi connectivity index (χ2v) is 9.85. The monoisotopic (exact) mass is 550 g/mol. The Kier molecular flexibility index (Phi) is 11.1. The maximum atomic E-state index is 12.9. The lowest BCUT2D eigenvalue weighted by Gasteiger charge is -2.20. The lowest BCUT2D eigenvalue weighted by Crippen LogP contribution is -2.41. The summed E-state index contributed by atoms with van der Waals surface area (Å²) >= 11 is 0. The first-order valence-electron chi connectivity index (χ1n) is 13.6. The van der Waals surface area contributed by atoms with Crippen LogP contribution in [0.25, 0.3) is 11.2 Å². The van der Waals surface area contributed by atoms with Crippen molar-refractivity contribution in [3.63, 3.8) is 0 Å². The molecule has 0 aliphatic heterocycles. The molecule has 0 unspecified atom stereocenters. The molecule has 1 aromatic carbocycles. The minimum absolute atomic E-state index is 0.0312. The number of Topliss-reactive ketones (excluding diaryl/α,β-unsaturated/α-hetero) is 1. The zero-order chi connectivity index (χ0) is 29.1. The van der Waals surface area contributed by atoms with Gasteiger partial charge in [0.25, 0.3) is 5.91 Å². The molecule has 0 aliphatic rings. The van der Waals surface area contributed by atoms with Crippen LogP contribution >= 0.6 is 0 Å². The van der Waals surface area contributed by atoms with Crippen molar-refractivity contribution < 1.29 is 19.5 Å². The number of hydrogen-bond acceptors (Lipinski definition) is 10. The average Bonchev–Trinajstić information content (AvgIpc) is 2.93. The van der Waals surface area contributed by atoms with E-state index in [2.05, 4.69) is 32.2 Å². The number of carbonyl (C=O) groups is 3. The van der Waals surface area contributed by atoms with E-state index in [4.69, 9.17) is 16.6 Å². The van der Waals surface area contributed by atoms with Gasteiger partial charge in [-0.2, -0.15) is 9.97 Å². The summed E-state index contributed by atoms with van der Waals surface area (Å²) in [7, 11) is 1.87. The highest BCUT2D eigenvalue weighted by Crippen LogP contribution is 2.19. The number of aromatic nitrogens is 4. The fraction of sp³-hybridized carbons (Fsp3) is 0.464. The number of hydrogen-bond donors (Lipinski definition) is 4. The summed E-state index contributed by atoms with van der Waals surface area (Å²) in [6.45, 7) is 2.55. The van der Waals surface area contributed by atoms with E-state index < -0.39 is 17.9 Å². The van der Waals surface area contributed by atoms with Crippen molar-refractivity contribution in [3.8, 4) is 0 Å². The molecule has 214 valence electrons. The molecule has 2 aromatic heterocycles. The van der Waals surface area contributed by atoms with Gasteiger partial charge in [0.15, 0.2) is 22.8 Å². The summed E-state index contributed by atoms with van der Waals surface area (Å²) < 4.78 is 0. The van der Waals surface area contributed by atoms with Gasteiger partial charge >= 0.3 is 5.97 Å². The van der Waals surface area contributed by atoms with E-state index in [0.29, 0.717) is 35.4 Å². The summed E-state index contributed by atoms with van der Waals surface area (Å²) in [4.78, 5) is 55.5. The van der Waals surface area contributed by atoms with Gasteiger partial charge in [0, 0.05) is 31.1 Å². The van der Waals surface area contributed by atoms with Crippen molar-refractivity contribution in [2.45, 2.75) is 77.3 Å². The lowest BCUT2D eigenvalue weighted by molar-refractivity contribution is -0.137. The number of nitrogens with zero attached hydrogens (tertiary/aromatic N) is 5. The van der Waals surface area contributed by atoms with Gasteiger partial charge in [-0.25, -0.2) is 9.97 Å². The maximum Gasteiger partial charge on any atom is 0.303 e. The van der Waals surface area contributed by atoms with Gasteiger partial charge in [-0.05, 0) is 37.1 Å². The molecule has 3 rings (SSSR count). The van der Waals surface area contributed by atoms with Crippen LogP contribution in [-0.4, -0.2) is 55.8 Å². The number of benzene rings is 1. The molecule has 2 heterocycles. The Morgan fingerprint density at radius 2 is 1.68 bits per heavy atom. The molecule has 6 N–H and O–H groups in total. The summed E-state index contributed by atoms with van der Waals surface area (Å²) in [6.07, 6.45) is 8.00. The van der Waals surface area contributed by atoms with E-state index in [1.54, 1.807) is 30.5 Å². The highest BCUT2D eigenvalue weighted by Gasteiger charge is 2.22. The van der Waals surface area contributed by atoms with E-state index in [1.165, 1.54) is 6.42 Å². The number of carboxylic acid groups (broad SMARTS) is 1. The minimum Gasteiger partial charge on any atom is -0.481 e. The Balaban J connectivity index is 1.60. The lowest BCUT2D eigenvalue weighted by atomic mass is 10.00. The average molecular weight is 551 g/mol. The second kappa shape index (κ2) is 14.7. The van der Waals surface area contributed by atoms with E-state index in [9.17, 15) is 14.4 Å². The van der Waals surface area contributed by atoms with Crippen LogP contribution < -0.4 is 21.7 Å². The quantitative estimate of drug-likeness (QED) is 0.191. The summed E-state index contributed by atoms with van der Waals surface area (Å²) in [6, 6.07) is 6.06. The number of aliphatic carboxylic acids is 1. The Labute approximate surface area is 233 Å². The van der Waals surface area contributed by atoms with Gasteiger partial charge in [-0.1, -0.05) is 39.0 Å². The summed E-state index contributed by atoms with van der Waals surface area (Å²) in [5.74, 6) is -1.37. The fourth-order valence-corrected chi connectivity index (χ4v) is 4.34. The van der Waals surface area contributed by atoms with Gasteiger partial charge in [-0.15, -0.1) is 0 Å². The van der Waals surface area contributed by atoms with Crippen LogP contribution in [-0.2, 0) is 16.1 Å². The third-order valence-corrected chi connectivity index (χ3v) is 6.59. The molecule has 3 aromatic rings. The van der Waals surface area contributed by atoms with E-state index in [0.717, 1.165) is 37.8 Å². The molecular weight excluding hydrogens is 512 g/mol. The van der Waals surface area contributed by atoms with Crippen LogP contribution in [0.15, 0.2) is 30.5 Å². The number of rotatable bonds is 16. The van der Waals surface area contributed by atoms with Crippen LogP contribution in [0.3, 0.4) is 0 Å². The van der Waals surface area contributed by atoms with Crippen LogP contribution in [0.2, 0.25) is 0 Å².